The highest BCUT2D eigenvalue weighted by atomic mass is 16.3. The molecule has 0 aliphatic heterocycles. The Morgan fingerprint density at radius 2 is 2.25 bits per heavy atom. The Morgan fingerprint density at radius 1 is 1.50 bits per heavy atom. The van der Waals surface area contributed by atoms with Crippen molar-refractivity contribution in [2.45, 2.75) is 39.2 Å². The van der Waals surface area contributed by atoms with E-state index in [0.717, 1.165) is 37.3 Å². The molecule has 0 aromatic carbocycles. The molecule has 0 bridgehead atoms. The van der Waals surface area contributed by atoms with Crippen LogP contribution in [0.15, 0.2) is 16.5 Å². The van der Waals surface area contributed by atoms with E-state index < -0.39 is 0 Å². The van der Waals surface area contributed by atoms with Crippen LogP contribution in [0, 0.1) is 5.41 Å². The highest BCUT2D eigenvalue weighted by Crippen LogP contribution is 2.44. The standard InChI is InChI=1S/C13H21NO2/c1-3-11-4-5-12(16-11)10(2)14-8-13(9-15)6-7-13/h4-5,10,14-15H,3,6-9H2,1-2H3. The number of aryl methyl sites for hydroxylation is 1. The molecule has 0 radical (unpaired) electrons. The van der Waals surface area contributed by atoms with E-state index in [0.29, 0.717) is 6.61 Å². The summed E-state index contributed by atoms with van der Waals surface area (Å²) >= 11 is 0. The topological polar surface area (TPSA) is 45.4 Å². The molecule has 0 amide bonds. The van der Waals surface area contributed by atoms with Crippen molar-refractivity contribution in [2.75, 3.05) is 13.2 Å². The fraction of sp³-hybridized carbons (Fsp3) is 0.692. The molecule has 1 atom stereocenters. The zero-order chi connectivity index (χ0) is 11.6. The van der Waals surface area contributed by atoms with Gasteiger partial charge in [-0.1, -0.05) is 6.92 Å². The largest absolute Gasteiger partial charge is 0.464 e. The molecule has 2 N–H and O–H groups in total. The van der Waals surface area contributed by atoms with Crippen molar-refractivity contribution in [3.05, 3.63) is 23.7 Å². The minimum Gasteiger partial charge on any atom is -0.464 e. The Labute approximate surface area is 96.8 Å². The fourth-order valence-corrected chi connectivity index (χ4v) is 1.86. The zero-order valence-corrected chi connectivity index (χ0v) is 10.1. The Bertz CT molecular complexity index is 341. The maximum Gasteiger partial charge on any atom is 0.120 e. The predicted molar refractivity (Wildman–Crippen MR) is 63.3 cm³/mol. The molecule has 90 valence electrons. The number of hydrogen-bond donors (Lipinski definition) is 2. The van der Waals surface area contributed by atoms with E-state index >= 15 is 0 Å². The molecular weight excluding hydrogens is 202 g/mol. The second-order valence-electron chi connectivity index (χ2n) is 4.92. The SMILES string of the molecule is CCc1ccc(C(C)NCC2(CO)CC2)o1. The van der Waals surface area contributed by atoms with Gasteiger partial charge in [0.25, 0.3) is 0 Å². The quantitative estimate of drug-likeness (QED) is 0.777. The summed E-state index contributed by atoms with van der Waals surface area (Å²) in [5.74, 6) is 2.03. The summed E-state index contributed by atoms with van der Waals surface area (Å²) in [6.45, 7) is 5.37. The molecule has 1 heterocycles. The lowest BCUT2D eigenvalue weighted by atomic mass is 10.1. The first-order valence-electron chi connectivity index (χ1n) is 6.12. The normalized spacial score (nSPS) is 19.7. The summed E-state index contributed by atoms with van der Waals surface area (Å²) in [6, 6.07) is 4.30. The molecule has 1 aliphatic carbocycles. The van der Waals surface area contributed by atoms with Crippen molar-refractivity contribution in [1.29, 1.82) is 0 Å². The molecule has 0 spiro atoms. The number of nitrogens with one attached hydrogen (secondary N) is 1. The van der Waals surface area contributed by atoms with Gasteiger partial charge in [0.1, 0.15) is 11.5 Å². The third-order valence-electron chi connectivity index (χ3n) is 3.53. The minimum absolute atomic E-state index is 0.161. The molecule has 1 unspecified atom stereocenters. The van der Waals surface area contributed by atoms with E-state index in [9.17, 15) is 5.11 Å². The highest BCUT2D eigenvalue weighted by molar-refractivity contribution is 5.10. The average molecular weight is 223 g/mol. The number of aliphatic hydroxyl groups excluding tert-OH is 1. The summed E-state index contributed by atoms with van der Waals surface area (Å²) in [7, 11) is 0. The van der Waals surface area contributed by atoms with Crippen molar-refractivity contribution in [2.24, 2.45) is 5.41 Å². The number of furan rings is 1. The summed E-state index contributed by atoms with van der Waals surface area (Å²) in [5.41, 5.74) is 0.161. The van der Waals surface area contributed by atoms with Gasteiger partial charge in [0, 0.05) is 25.0 Å². The molecule has 1 aromatic rings. The van der Waals surface area contributed by atoms with Crippen LogP contribution in [0.3, 0.4) is 0 Å². The lowest BCUT2D eigenvalue weighted by molar-refractivity contribution is 0.203. The van der Waals surface area contributed by atoms with Crippen LogP contribution in [0.1, 0.15) is 44.3 Å². The second kappa shape index (κ2) is 4.60. The number of rotatable bonds is 6. The van der Waals surface area contributed by atoms with Crippen molar-refractivity contribution >= 4 is 0 Å². The summed E-state index contributed by atoms with van der Waals surface area (Å²) < 4.78 is 5.69. The lowest BCUT2D eigenvalue weighted by Crippen LogP contribution is -2.28. The van der Waals surface area contributed by atoms with Gasteiger partial charge in [-0.3, -0.25) is 0 Å². The smallest absolute Gasteiger partial charge is 0.120 e. The van der Waals surface area contributed by atoms with E-state index in [2.05, 4.69) is 19.2 Å². The molecule has 16 heavy (non-hydrogen) atoms. The summed E-state index contributed by atoms with van der Waals surface area (Å²) in [5, 5.41) is 12.7. The van der Waals surface area contributed by atoms with E-state index in [1.165, 1.54) is 0 Å². The minimum atomic E-state index is 0.161. The number of hydrogen-bond acceptors (Lipinski definition) is 3. The molecule has 1 aromatic heterocycles. The average Bonchev–Trinajstić information content (AvgIpc) is 2.94. The highest BCUT2D eigenvalue weighted by Gasteiger charge is 2.41. The molecule has 1 saturated carbocycles. The van der Waals surface area contributed by atoms with Crippen LogP contribution in [-0.2, 0) is 6.42 Å². The van der Waals surface area contributed by atoms with Gasteiger partial charge in [0.15, 0.2) is 0 Å². The maximum absolute atomic E-state index is 9.22. The first-order chi connectivity index (χ1) is 7.69. The molecular formula is C13H21NO2. The Balaban J connectivity index is 1.85. The van der Waals surface area contributed by atoms with Gasteiger partial charge in [-0.15, -0.1) is 0 Å². The fourth-order valence-electron chi connectivity index (χ4n) is 1.86. The van der Waals surface area contributed by atoms with Gasteiger partial charge in [0.2, 0.25) is 0 Å². The Kier molecular flexibility index (Phi) is 3.36. The van der Waals surface area contributed by atoms with Gasteiger partial charge < -0.3 is 14.8 Å². The van der Waals surface area contributed by atoms with E-state index in [1.54, 1.807) is 0 Å². The Morgan fingerprint density at radius 3 is 2.75 bits per heavy atom. The first-order valence-corrected chi connectivity index (χ1v) is 6.12. The van der Waals surface area contributed by atoms with Crippen molar-refractivity contribution in [3.8, 4) is 0 Å². The van der Waals surface area contributed by atoms with Crippen LogP contribution >= 0.6 is 0 Å². The van der Waals surface area contributed by atoms with Gasteiger partial charge >= 0.3 is 0 Å². The lowest BCUT2D eigenvalue weighted by Gasteiger charge is -2.16. The monoisotopic (exact) mass is 223 g/mol. The van der Waals surface area contributed by atoms with Crippen LogP contribution < -0.4 is 5.32 Å². The molecule has 0 saturated heterocycles. The summed E-state index contributed by atoms with van der Waals surface area (Å²) in [4.78, 5) is 0. The molecule has 1 aliphatic rings. The van der Waals surface area contributed by atoms with Crippen LogP contribution in [0.2, 0.25) is 0 Å². The molecule has 1 fully saturated rings. The van der Waals surface area contributed by atoms with Crippen molar-refractivity contribution in [3.63, 3.8) is 0 Å². The van der Waals surface area contributed by atoms with Crippen molar-refractivity contribution < 1.29 is 9.52 Å². The van der Waals surface area contributed by atoms with Crippen LogP contribution in [0.4, 0.5) is 0 Å². The van der Waals surface area contributed by atoms with Crippen LogP contribution in [0.5, 0.6) is 0 Å². The van der Waals surface area contributed by atoms with Crippen LogP contribution in [0.25, 0.3) is 0 Å². The first kappa shape index (κ1) is 11.7. The summed E-state index contributed by atoms with van der Waals surface area (Å²) in [6.07, 6.45) is 3.22. The third kappa shape index (κ3) is 2.47. The molecule has 3 nitrogen and oxygen atoms in total. The number of aliphatic hydroxyl groups is 1. The molecule has 2 rings (SSSR count). The van der Waals surface area contributed by atoms with E-state index in [4.69, 9.17) is 4.42 Å². The van der Waals surface area contributed by atoms with E-state index in [1.807, 2.05) is 12.1 Å². The van der Waals surface area contributed by atoms with Gasteiger partial charge in [-0.25, -0.2) is 0 Å². The van der Waals surface area contributed by atoms with Crippen LogP contribution in [-0.4, -0.2) is 18.3 Å². The second-order valence-corrected chi connectivity index (χ2v) is 4.92. The Hall–Kier alpha value is -0.800. The molecule has 3 heteroatoms. The maximum atomic E-state index is 9.22. The van der Waals surface area contributed by atoms with Gasteiger partial charge in [-0.05, 0) is 31.9 Å². The van der Waals surface area contributed by atoms with E-state index in [-0.39, 0.29) is 11.5 Å². The van der Waals surface area contributed by atoms with Crippen molar-refractivity contribution in [1.82, 2.24) is 5.32 Å². The predicted octanol–water partition coefficient (Wildman–Crippen LogP) is 2.27. The van der Waals surface area contributed by atoms with Gasteiger partial charge in [0.05, 0.1) is 6.04 Å². The van der Waals surface area contributed by atoms with Gasteiger partial charge in [-0.2, -0.15) is 0 Å². The third-order valence-corrected chi connectivity index (χ3v) is 3.53. The zero-order valence-electron chi connectivity index (χ0n) is 10.1.